The molecule has 0 aromatic rings. The normalized spacial score (nSPS) is 9.83. The van der Waals surface area contributed by atoms with Gasteiger partial charge in [-0.05, 0) is 0 Å². The van der Waals surface area contributed by atoms with Crippen LogP contribution in [-0.2, 0) is 9.13 Å². The van der Waals surface area contributed by atoms with Gasteiger partial charge in [-0.15, -0.1) is 0 Å². The molecule has 0 spiro atoms. The van der Waals surface area contributed by atoms with Crippen molar-refractivity contribution in [3.05, 3.63) is 0 Å². The zero-order chi connectivity index (χ0) is 9.00. The molecule has 0 rings (SSSR count). The summed E-state index contributed by atoms with van der Waals surface area (Å²) < 4.78 is 17.8. The fourth-order valence-corrected chi connectivity index (χ4v) is 0. The van der Waals surface area contributed by atoms with Crippen LogP contribution < -0.4 is 6.15 Å². The van der Waals surface area contributed by atoms with E-state index in [9.17, 15) is 0 Å². The monoisotopic (exact) mass is 239 g/mol. The maximum Gasteiger partial charge on any atom is 2.00 e. The van der Waals surface area contributed by atoms with Crippen LogP contribution >= 0.6 is 15.6 Å². The van der Waals surface area contributed by atoms with Gasteiger partial charge < -0.3 is 38.4 Å². The number of rotatable bonds is 0. The van der Waals surface area contributed by atoms with Crippen molar-refractivity contribution in [2.75, 3.05) is 0 Å². The molecule has 0 saturated heterocycles. The largest absolute Gasteiger partial charge is 2.00 e. The Morgan fingerprint density at radius 3 is 0.750 bits per heavy atom. The average molecular weight is 239 g/mol. The average Bonchev–Trinajstić information content (AvgIpc) is 1.12. The predicted octanol–water partition coefficient (Wildman–Crippen LogP) is -1.85. The molecule has 0 fully saturated rings. The Hall–Kier alpha value is 0.946. The Labute approximate surface area is 86.6 Å². The van der Waals surface area contributed by atoms with E-state index in [1.807, 2.05) is 0 Å². The van der Waals surface area contributed by atoms with Crippen molar-refractivity contribution in [3.8, 4) is 0 Å². The van der Waals surface area contributed by atoms with Gasteiger partial charge in [0.15, 0.2) is 0 Å². The fourth-order valence-electron chi connectivity index (χ4n) is 0. The summed E-state index contributed by atoms with van der Waals surface area (Å²) in [4.78, 5) is 43.1. The zero-order valence-corrected chi connectivity index (χ0v) is 9.01. The first-order chi connectivity index (χ1) is 4.00. The van der Waals surface area contributed by atoms with E-state index in [-0.39, 0.29) is 32.1 Å². The summed E-state index contributed by atoms with van der Waals surface area (Å²) in [7, 11) is -9.28. The molecule has 0 aliphatic carbocycles. The molecule has 0 heterocycles. The Morgan fingerprint density at radius 2 is 0.750 bits per heavy atom. The van der Waals surface area contributed by atoms with E-state index in [0.29, 0.717) is 0 Å². The van der Waals surface area contributed by atoms with E-state index >= 15 is 0 Å². The Balaban J connectivity index is -0.0000000178. The second-order valence-electron chi connectivity index (χ2n) is 1.03. The smallest absolute Gasteiger partial charge is 1.00 e. The first-order valence-electron chi connectivity index (χ1n) is 1.57. The van der Waals surface area contributed by atoms with E-state index in [1.165, 1.54) is 0 Å². The van der Waals surface area contributed by atoms with Gasteiger partial charge in [0.25, 0.3) is 0 Å². The van der Waals surface area contributed by atoms with E-state index in [4.69, 9.17) is 38.5 Å². The third-order valence-corrected chi connectivity index (χ3v) is 0. The van der Waals surface area contributed by atoms with Crippen LogP contribution in [0, 0.1) is 0 Å². The molecule has 9 N–H and O–H groups in total. The van der Waals surface area contributed by atoms with Crippen LogP contribution in [-0.4, -0.2) is 52.4 Å². The quantitative estimate of drug-likeness (QED) is 0.188. The van der Waals surface area contributed by atoms with Crippen LogP contribution in [0.15, 0.2) is 0 Å². The van der Waals surface area contributed by atoms with Crippen LogP contribution in [0.5, 0.6) is 0 Å². The summed E-state index contributed by atoms with van der Waals surface area (Å²) in [5.41, 5.74) is 0. The van der Waals surface area contributed by atoms with Gasteiger partial charge in [-0.25, -0.2) is 9.13 Å². The second kappa shape index (κ2) is 8.54. The molecule has 0 atom stereocenters. The van der Waals surface area contributed by atoms with Gasteiger partial charge in [0.2, 0.25) is 0 Å². The summed E-state index contributed by atoms with van der Waals surface area (Å²) >= 11 is 0. The summed E-state index contributed by atoms with van der Waals surface area (Å²) in [6.07, 6.45) is 0. The molecule has 0 saturated carbocycles. The van der Waals surface area contributed by atoms with Gasteiger partial charge >= 0.3 is 38.7 Å². The summed E-state index contributed by atoms with van der Waals surface area (Å²) in [5.74, 6) is 0. The maximum absolute atomic E-state index is 8.88. The van der Waals surface area contributed by atoms with E-state index < -0.39 is 15.6 Å². The molecule has 9 nitrogen and oxygen atoms in total. The molecule has 12 heavy (non-hydrogen) atoms. The molecular formula is H11MgNO8P2. The summed E-state index contributed by atoms with van der Waals surface area (Å²) in [6, 6.07) is 0. The van der Waals surface area contributed by atoms with Crippen LogP contribution in [0.2, 0.25) is 0 Å². The van der Waals surface area contributed by atoms with Gasteiger partial charge in [0, 0.05) is 0 Å². The molecule has 0 unspecified atom stereocenters. The molecule has 0 amide bonds. The fraction of sp³-hybridized carbons (Fsp3) is 0. The third kappa shape index (κ3) is 1210. The van der Waals surface area contributed by atoms with Crippen molar-refractivity contribution < 1.29 is 41.3 Å². The summed E-state index contributed by atoms with van der Waals surface area (Å²) in [6.45, 7) is 0. The number of hydrogen-bond acceptors (Lipinski definition) is 3. The van der Waals surface area contributed by atoms with Crippen molar-refractivity contribution in [2.24, 2.45) is 0 Å². The van der Waals surface area contributed by atoms with E-state index in [2.05, 4.69) is 0 Å². The molecule has 0 aromatic heterocycles. The maximum atomic E-state index is 8.88. The van der Waals surface area contributed by atoms with Gasteiger partial charge in [0.1, 0.15) is 0 Å². The minimum absolute atomic E-state index is 0. The first kappa shape index (κ1) is 23.1. The molecule has 0 aliphatic rings. The van der Waals surface area contributed by atoms with Crippen molar-refractivity contribution in [1.29, 1.82) is 0 Å². The van der Waals surface area contributed by atoms with Crippen molar-refractivity contribution in [1.82, 2.24) is 6.15 Å². The van der Waals surface area contributed by atoms with Gasteiger partial charge in [-0.1, -0.05) is 0 Å². The van der Waals surface area contributed by atoms with Crippen LogP contribution in [0.3, 0.4) is 0 Å². The molecule has 0 aromatic carbocycles. The van der Waals surface area contributed by atoms with E-state index in [1.54, 1.807) is 0 Å². The SMILES string of the molecule is N.O=P(O)(O)O.O=P(O)(O)O.[H-].[H-].[Mg+2]. The van der Waals surface area contributed by atoms with Crippen molar-refractivity contribution >= 4 is 38.7 Å². The second-order valence-corrected chi connectivity index (χ2v) is 3.08. The van der Waals surface area contributed by atoms with Crippen LogP contribution in [0.1, 0.15) is 2.85 Å². The van der Waals surface area contributed by atoms with E-state index in [0.717, 1.165) is 0 Å². The third-order valence-electron chi connectivity index (χ3n) is 0. The minimum Gasteiger partial charge on any atom is -1.00 e. The molecular weight excluding hydrogens is 228 g/mol. The van der Waals surface area contributed by atoms with Gasteiger partial charge in [-0.2, -0.15) is 0 Å². The molecule has 0 radical (unpaired) electrons. The molecule has 0 aliphatic heterocycles. The van der Waals surface area contributed by atoms with Gasteiger partial charge in [0.05, 0.1) is 0 Å². The topological polar surface area (TPSA) is 191 Å². The molecule has 76 valence electrons. The standard InChI is InChI=1S/Mg.H3N.2H3O4P.2H/c;;2*1-5(2,3)4;;/h;1H3;2*(H3,1,2,3,4);;/q+2;;;;2*-1. The minimum atomic E-state index is -4.64. The molecule has 12 heteroatoms. The van der Waals surface area contributed by atoms with Crippen molar-refractivity contribution in [3.63, 3.8) is 0 Å². The zero-order valence-electron chi connectivity index (χ0n) is 7.81. The molecule has 0 bridgehead atoms. The first-order valence-corrected chi connectivity index (χ1v) is 4.70. The predicted molar refractivity (Wildman–Crippen MR) is 41.5 cm³/mol. The Morgan fingerprint density at radius 1 is 0.750 bits per heavy atom. The van der Waals surface area contributed by atoms with Crippen LogP contribution in [0.4, 0.5) is 0 Å². The number of phosphoric acid groups is 2. The summed E-state index contributed by atoms with van der Waals surface area (Å²) in [5, 5.41) is 0. The Bertz CT molecular complexity index is 138. The van der Waals surface area contributed by atoms with Crippen LogP contribution in [0.25, 0.3) is 0 Å². The Kier molecular flexibility index (Phi) is 16.4. The van der Waals surface area contributed by atoms with Gasteiger partial charge in [-0.3, -0.25) is 0 Å². The number of hydrogen-bond donors (Lipinski definition) is 7. The van der Waals surface area contributed by atoms with Crippen molar-refractivity contribution in [2.45, 2.75) is 0 Å².